The fraction of sp³-hybridized carbons (Fsp3) is 0.0714. The van der Waals surface area contributed by atoms with Gasteiger partial charge in [0, 0.05) is 22.9 Å². The van der Waals surface area contributed by atoms with Crippen LogP contribution >= 0.6 is 11.6 Å². The van der Waals surface area contributed by atoms with Crippen LogP contribution in [0.15, 0.2) is 53.5 Å². The average molecular weight is 246 g/mol. The molecule has 86 valence electrons. The fourth-order valence-corrected chi connectivity index (χ4v) is 1.60. The third-order valence-electron chi connectivity index (χ3n) is 2.31. The molecule has 0 saturated carbocycles. The lowest BCUT2D eigenvalue weighted by atomic mass is 10.2. The van der Waals surface area contributed by atoms with Crippen molar-refractivity contribution >= 4 is 23.5 Å². The van der Waals surface area contributed by atoms with E-state index in [1.165, 1.54) is 0 Å². The van der Waals surface area contributed by atoms with Gasteiger partial charge in [-0.1, -0.05) is 35.9 Å². The quantitative estimate of drug-likeness (QED) is 0.746. The second-order valence-electron chi connectivity index (χ2n) is 3.48. The summed E-state index contributed by atoms with van der Waals surface area (Å²) in [6.45, 7) is 0. The van der Waals surface area contributed by atoms with Crippen LogP contribution in [0.4, 0.5) is 5.69 Å². The predicted octanol–water partition coefficient (Wildman–Crippen LogP) is 4.10. The average Bonchev–Trinajstić information content (AvgIpc) is 2.38. The Labute approximate surface area is 106 Å². The Kier molecular flexibility index (Phi) is 3.78. The first-order chi connectivity index (χ1) is 8.29. The molecule has 2 nitrogen and oxygen atoms in total. The SMILES string of the molecule is COc1cccc(N=Cc2ccccc2Cl)c1. The molecule has 0 aliphatic rings. The molecular weight excluding hydrogens is 234 g/mol. The molecule has 0 amide bonds. The molecule has 0 aliphatic carbocycles. The number of hydrogen-bond acceptors (Lipinski definition) is 2. The van der Waals surface area contributed by atoms with Gasteiger partial charge in [0.05, 0.1) is 12.8 Å². The second kappa shape index (κ2) is 5.51. The molecule has 3 heteroatoms. The zero-order valence-corrected chi connectivity index (χ0v) is 10.2. The molecule has 0 radical (unpaired) electrons. The molecule has 0 aromatic heterocycles. The van der Waals surface area contributed by atoms with E-state index in [9.17, 15) is 0 Å². The Hall–Kier alpha value is -1.80. The molecule has 2 rings (SSSR count). The van der Waals surface area contributed by atoms with E-state index in [0.717, 1.165) is 17.0 Å². The third-order valence-corrected chi connectivity index (χ3v) is 2.66. The summed E-state index contributed by atoms with van der Waals surface area (Å²) in [5.74, 6) is 0.791. The van der Waals surface area contributed by atoms with E-state index in [1.54, 1.807) is 13.3 Å². The van der Waals surface area contributed by atoms with Crippen LogP contribution in [0.1, 0.15) is 5.56 Å². The van der Waals surface area contributed by atoms with E-state index in [-0.39, 0.29) is 0 Å². The van der Waals surface area contributed by atoms with E-state index in [0.29, 0.717) is 5.02 Å². The number of aliphatic imine (C=N–C) groups is 1. The van der Waals surface area contributed by atoms with Crippen molar-refractivity contribution in [2.75, 3.05) is 7.11 Å². The van der Waals surface area contributed by atoms with Gasteiger partial charge in [-0.25, -0.2) is 0 Å². The first kappa shape index (κ1) is 11.7. The van der Waals surface area contributed by atoms with E-state index < -0.39 is 0 Å². The summed E-state index contributed by atoms with van der Waals surface area (Å²) in [7, 11) is 1.64. The molecule has 0 bridgehead atoms. The highest BCUT2D eigenvalue weighted by Gasteiger charge is 1.95. The summed E-state index contributed by atoms with van der Waals surface area (Å²) in [6.07, 6.45) is 1.75. The number of rotatable bonds is 3. The topological polar surface area (TPSA) is 21.6 Å². The normalized spacial score (nSPS) is 10.7. The second-order valence-corrected chi connectivity index (χ2v) is 3.89. The Morgan fingerprint density at radius 1 is 1.12 bits per heavy atom. The van der Waals surface area contributed by atoms with Gasteiger partial charge in [0.15, 0.2) is 0 Å². The lowest BCUT2D eigenvalue weighted by Crippen LogP contribution is -1.83. The van der Waals surface area contributed by atoms with Crippen LogP contribution < -0.4 is 4.74 Å². The summed E-state index contributed by atoms with van der Waals surface area (Å²) in [4.78, 5) is 4.36. The highest BCUT2D eigenvalue weighted by molar-refractivity contribution is 6.33. The molecule has 0 atom stereocenters. The minimum Gasteiger partial charge on any atom is -0.497 e. The van der Waals surface area contributed by atoms with Crippen molar-refractivity contribution in [1.82, 2.24) is 0 Å². The van der Waals surface area contributed by atoms with Gasteiger partial charge in [-0.3, -0.25) is 4.99 Å². The van der Waals surface area contributed by atoms with E-state index >= 15 is 0 Å². The number of nitrogens with zero attached hydrogens (tertiary/aromatic N) is 1. The van der Waals surface area contributed by atoms with Crippen LogP contribution in [-0.4, -0.2) is 13.3 Å². The minimum absolute atomic E-state index is 0.694. The smallest absolute Gasteiger partial charge is 0.121 e. The van der Waals surface area contributed by atoms with Crippen LogP contribution in [0.2, 0.25) is 5.02 Å². The third kappa shape index (κ3) is 3.08. The molecule has 0 saturated heterocycles. The number of halogens is 1. The molecule has 2 aromatic carbocycles. The minimum atomic E-state index is 0.694. The molecule has 0 unspecified atom stereocenters. The van der Waals surface area contributed by atoms with Crippen molar-refractivity contribution < 1.29 is 4.74 Å². The highest BCUT2D eigenvalue weighted by Crippen LogP contribution is 2.20. The molecule has 0 aliphatic heterocycles. The molecule has 0 heterocycles. The Morgan fingerprint density at radius 2 is 1.94 bits per heavy atom. The summed E-state index contributed by atoms with van der Waals surface area (Å²) in [6, 6.07) is 15.2. The molecular formula is C14H12ClNO. The zero-order valence-electron chi connectivity index (χ0n) is 9.43. The zero-order chi connectivity index (χ0) is 12.1. The maximum absolute atomic E-state index is 6.03. The van der Waals surface area contributed by atoms with E-state index in [1.807, 2.05) is 48.5 Å². The molecule has 0 fully saturated rings. The number of ether oxygens (including phenoxy) is 1. The first-order valence-electron chi connectivity index (χ1n) is 5.22. The molecule has 0 spiro atoms. The van der Waals surface area contributed by atoms with Gasteiger partial charge < -0.3 is 4.74 Å². The number of hydrogen-bond donors (Lipinski definition) is 0. The maximum Gasteiger partial charge on any atom is 0.121 e. The van der Waals surface area contributed by atoms with Crippen molar-refractivity contribution in [2.24, 2.45) is 4.99 Å². The van der Waals surface area contributed by atoms with Gasteiger partial charge in [-0.2, -0.15) is 0 Å². The van der Waals surface area contributed by atoms with Crippen LogP contribution in [0.5, 0.6) is 5.75 Å². The summed E-state index contributed by atoms with van der Waals surface area (Å²) in [5.41, 5.74) is 1.74. The van der Waals surface area contributed by atoms with Crippen molar-refractivity contribution in [1.29, 1.82) is 0 Å². The van der Waals surface area contributed by atoms with Crippen LogP contribution in [0, 0.1) is 0 Å². The van der Waals surface area contributed by atoms with Crippen molar-refractivity contribution in [3.05, 3.63) is 59.1 Å². The Morgan fingerprint density at radius 3 is 2.71 bits per heavy atom. The lowest BCUT2D eigenvalue weighted by molar-refractivity contribution is 0.415. The van der Waals surface area contributed by atoms with Crippen LogP contribution in [-0.2, 0) is 0 Å². The number of methoxy groups -OCH3 is 1. The number of benzene rings is 2. The van der Waals surface area contributed by atoms with Crippen LogP contribution in [0.3, 0.4) is 0 Å². The summed E-state index contributed by atoms with van der Waals surface area (Å²) in [5, 5.41) is 0.694. The van der Waals surface area contributed by atoms with Crippen molar-refractivity contribution in [3.8, 4) is 5.75 Å². The first-order valence-corrected chi connectivity index (χ1v) is 5.60. The van der Waals surface area contributed by atoms with Gasteiger partial charge in [0.2, 0.25) is 0 Å². The van der Waals surface area contributed by atoms with Gasteiger partial charge >= 0.3 is 0 Å². The van der Waals surface area contributed by atoms with Gasteiger partial charge in [0.25, 0.3) is 0 Å². The van der Waals surface area contributed by atoms with Crippen LogP contribution in [0.25, 0.3) is 0 Å². The monoisotopic (exact) mass is 245 g/mol. The highest BCUT2D eigenvalue weighted by atomic mass is 35.5. The fourth-order valence-electron chi connectivity index (χ4n) is 1.41. The van der Waals surface area contributed by atoms with Crippen molar-refractivity contribution in [3.63, 3.8) is 0 Å². The molecule has 0 N–H and O–H groups in total. The van der Waals surface area contributed by atoms with Gasteiger partial charge in [0.1, 0.15) is 5.75 Å². The summed E-state index contributed by atoms with van der Waals surface area (Å²) < 4.78 is 5.13. The van der Waals surface area contributed by atoms with Gasteiger partial charge in [-0.15, -0.1) is 0 Å². The van der Waals surface area contributed by atoms with E-state index in [2.05, 4.69) is 4.99 Å². The molecule has 2 aromatic rings. The Balaban J connectivity index is 2.23. The maximum atomic E-state index is 6.03. The standard InChI is InChI=1S/C14H12ClNO/c1-17-13-7-4-6-12(9-13)16-10-11-5-2-3-8-14(11)15/h2-10H,1H3. The van der Waals surface area contributed by atoms with Gasteiger partial charge in [-0.05, 0) is 18.2 Å². The largest absolute Gasteiger partial charge is 0.497 e. The van der Waals surface area contributed by atoms with E-state index in [4.69, 9.17) is 16.3 Å². The lowest BCUT2D eigenvalue weighted by Gasteiger charge is -2.00. The molecule has 17 heavy (non-hydrogen) atoms. The predicted molar refractivity (Wildman–Crippen MR) is 71.7 cm³/mol. The summed E-state index contributed by atoms with van der Waals surface area (Å²) >= 11 is 6.03. The Bertz CT molecular complexity index is 537. The van der Waals surface area contributed by atoms with Crippen molar-refractivity contribution in [2.45, 2.75) is 0 Å².